The van der Waals surface area contributed by atoms with Crippen molar-refractivity contribution in [2.45, 2.75) is 58.9 Å². The number of rotatable bonds is 5. The van der Waals surface area contributed by atoms with Crippen LogP contribution in [-0.2, 0) is 0 Å². The van der Waals surface area contributed by atoms with Gasteiger partial charge in [-0.25, -0.2) is 4.98 Å². The number of hydrogen-bond donors (Lipinski definition) is 1. The summed E-state index contributed by atoms with van der Waals surface area (Å²) in [6.45, 7) is 11.2. The van der Waals surface area contributed by atoms with E-state index in [1.165, 1.54) is 19.3 Å². The number of nitrogens with zero attached hydrogens (tertiary/aromatic N) is 3. The topological polar surface area (TPSA) is 71.3 Å². The van der Waals surface area contributed by atoms with Crippen LogP contribution in [0.25, 0.3) is 11.1 Å². The molecule has 1 amide bonds. The highest BCUT2D eigenvalue weighted by molar-refractivity contribution is 6.06. The van der Waals surface area contributed by atoms with Gasteiger partial charge in [0.15, 0.2) is 0 Å². The first-order chi connectivity index (χ1) is 12.0. The number of nitrogens with one attached hydrogen (secondary N) is 1. The molecule has 0 aromatic carbocycles. The van der Waals surface area contributed by atoms with E-state index in [1.807, 2.05) is 13.0 Å². The lowest BCUT2D eigenvalue weighted by molar-refractivity contribution is 0.0927. The summed E-state index contributed by atoms with van der Waals surface area (Å²) in [6, 6.07) is 1.97. The van der Waals surface area contributed by atoms with E-state index in [-0.39, 0.29) is 17.9 Å². The number of hydrogen-bond acceptors (Lipinski definition) is 5. The van der Waals surface area contributed by atoms with Gasteiger partial charge in [0.25, 0.3) is 11.6 Å². The summed E-state index contributed by atoms with van der Waals surface area (Å²) in [4.78, 5) is 19.8. The molecule has 0 spiro atoms. The predicted octanol–water partition coefficient (Wildman–Crippen LogP) is 3.26. The number of pyridine rings is 1. The molecular weight excluding hydrogens is 316 g/mol. The monoisotopic (exact) mass is 344 g/mol. The van der Waals surface area contributed by atoms with E-state index in [9.17, 15) is 4.79 Å². The fourth-order valence-electron chi connectivity index (χ4n) is 3.47. The Morgan fingerprint density at radius 2 is 2.00 bits per heavy atom. The van der Waals surface area contributed by atoms with Gasteiger partial charge >= 0.3 is 0 Å². The zero-order valence-corrected chi connectivity index (χ0v) is 15.6. The van der Waals surface area contributed by atoms with Crippen LogP contribution in [0.15, 0.2) is 10.6 Å². The number of likely N-dealkylation sites (tertiary alicyclic amines) is 1. The van der Waals surface area contributed by atoms with E-state index in [1.54, 1.807) is 0 Å². The maximum Gasteiger partial charge on any atom is 0.259 e. The number of aryl methyl sites for hydroxylation is 1. The summed E-state index contributed by atoms with van der Waals surface area (Å²) in [5.41, 5.74) is 2.60. The molecule has 2 aromatic rings. The van der Waals surface area contributed by atoms with Gasteiger partial charge in [0.1, 0.15) is 0 Å². The molecule has 1 aliphatic rings. The molecule has 2 aromatic heterocycles. The number of fused-ring (bicyclic) bond motifs is 1. The van der Waals surface area contributed by atoms with E-state index in [4.69, 9.17) is 4.52 Å². The van der Waals surface area contributed by atoms with Crippen molar-refractivity contribution >= 4 is 17.0 Å². The molecule has 1 fully saturated rings. The minimum Gasteiger partial charge on any atom is -0.348 e. The lowest BCUT2D eigenvalue weighted by Crippen LogP contribution is -2.43. The largest absolute Gasteiger partial charge is 0.348 e. The number of piperidine rings is 1. The average molecular weight is 344 g/mol. The highest BCUT2D eigenvalue weighted by atomic mass is 16.5. The second-order valence-electron chi connectivity index (χ2n) is 7.43. The first-order valence-electron chi connectivity index (χ1n) is 9.26. The average Bonchev–Trinajstić information content (AvgIpc) is 2.96. The van der Waals surface area contributed by atoms with E-state index in [0.29, 0.717) is 22.4 Å². The van der Waals surface area contributed by atoms with Gasteiger partial charge in [0.2, 0.25) is 0 Å². The fraction of sp³-hybridized carbons (Fsp3) is 0.632. The van der Waals surface area contributed by atoms with Crippen LogP contribution in [0.3, 0.4) is 0 Å². The zero-order valence-electron chi connectivity index (χ0n) is 15.6. The molecule has 1 unspecified atom stereocenters. The molecule has 25 heavy (non-hydrogen) atoms. The Bertz CT molecular complexity index is 747. The van der Waals surface area contributed by atoms with E-state index >= 15 is 0 Å². The van der Waals surface area contributed by atoms with Crippen LogP contribution in [-0.4, -0.2) is 46.6 Å². The zero-order chi connectivity index (χ0) is 18.0. The number of amides is 1. The van der Waals surface area contributed by atoms with E-state index in [0.717, 1.165) is 25.3 Å². The molecule has 0 aliphatic carbocycles. The predicted molar refractivity (Wildman–Crippen MR) is 97.8 cm³/mol. The maximum atomic E-state index is 12.9. The molecule has 1 aliphatic heterocycles. The van der Waals surface area contributed by atoms with Crippen LogP contribution >= 0.6 is 0 Å². The normalized spacial score (nSPS) is 17.2. The van der Waals surface area contributed by atoms with Crippen molar-refractivity contribution in [2.24, 2.45) is 0 Å². The van der Waals surface area contributed by atoms with Gasteiger partial charge in [-0.05, 0) is 51.8 Å². The van der Waals surface area contributed by atoms with Gasteiger partial charge in [-0.3, -0.25) is 4.79 Å². The first-order valence-corrected chi connectivity index (χ1v) is 9.26. The Kier molecular flexibility index (Phi) is 5.37. The van der Waals surface area contributed by atoms with Crippen molar-refractivity contribution in [1.29, 1.82) is 0 Å². The van der Waals surface area contributed by atoms with Gasteiger partial charge in [0.05, 0.1) is 16.6 Å². The van der Waals surface area contributed by atoms with Crippen LogP contribution in [0.5, 0.6) is 0 Å². The van der Waals surface area contributed by atoms with Crippen molar-refractivity contribution in [3.63, 3.8) is 0 Å². The van der Waals surface area contributed by atoms with Gasteiger partial charge in [0, 0.05) is 18.3 Å². The van der Waals surface area contributed by atoms with Crippen LogP contribution < -0.4 is 5.32 Å². The Morgan fingerprint density at radius 3 is 2.68 bits per heavy atom. The molecular formula is C19H28N4O2. The highest BCUT2D eigenvalue weighted by Gasteiger charge is 2.21. The SMILES string of the molecule is Cc1noc2nc(C(C)C)cc(C(=O)NC(C)CN3CCCCC3)c12. The third-order valence-electron chi connectivity index (χ3n) is 4.83. The molecule has 6 nitrogen and oxygen atoms in total. The maximum absolute atomic E-state index is 12.9. The standard InChI is InChI=1S/C19H28N4O2/c1-12(2)16-10-15(17-14(4)22-25-19(17)21-16)18(24)20-13(3)11-23-8-6-5-7-9-23/h10,12-13H,5-9,11H2,1-4H3,(H,20,24). The minimum atomic E-state index is -0.0786. The van der Waals surface area contributed by atoms with Crippen molar-refractivity contribution in [1.82, 2.24) is 20.4 Å². The third kappa shape index (κ3) is 4.00. The molecule has 6 heteroatoms. The number of carbonyl (C=O) groups excluding carboxylic acids is 1. The lowest BCUT2D eigenvalue weighted by atomic mass is 10.0. The van der Waals surface area contributed by atoms with Crippen LogP contribution in [0.1, 0.15) is 67.7 Å². The summed E-state index contributed by atoms with van der Waals surface area (Å²) in [5, 5.41) is 7.84. The second-order valence-corrected chi connectivity index (χ2v) is 7.43. The quantitative estimate of drug-likeness (QED) is 0.901. The van der Waals surface area contributed by atoms with Crippen molar-refractivity contribution in [3.05, 3.63) is 23.0 Å². The van der Waals surface area contributed by atoms with Gasteiger partial charge in [-0.1, -0.05) is 25.4 Å². The summed E-state index contributed by atoms with van der Waals surface area (Å²) < 4.78 is 5.31. The van der Waals surface area contributed by atoms with Gasteiger partial charge < -0.3 is 14.7 Å². The summed E-state index contributed by atoms with van der Waals surface area (Å²) in [6.07, 6.45) is 3.82. The van der Waals surface area contributed by atoms with Crippen molar-refractivity contribution in [3.8, 4) is 0 Å². The van der Waals surface area contributed by atoms with Crippen LogP contribution in [0, 0.1) is 6.92 Å². The van der Waals surface area contributed by atoms with Gasteiger partial charge in [-0.15, -0.1) is 0 Å². The summed E-state index contributed by atoms with van der Waals surface area (Å²) in [5.74, 6) is 0.136. The van der Waals surface area contributed by atoms with Crippen LogP contribution in [0.4, 0.5) is 0 Å². The Morgan fingerprint density at radius 1 is 1.28 bits per heavy atom. The molecule has 0 bridgehead atoms. The number of carbonyl (C=O) groups is 1. The second kappa shape index (κ2) is 7.52. The molecule has 1 atom stereocenters. The molecule has 0 radical (unpaired) electrons. The Hall–Kier alpha value is -1.95. The highest BCUT2D eigenvalue weighted by Crippen LogP contribution is 2.25. The molecule has 0 saturated carbocycles. The minimum absolute atomic E-state index is 0.0786. The lowest BCUT2D eigenvalue weighted by Gasteiger charge is -2.29. The summed E-state index contributed by atoms with van der Waals surface area (Å²) in [7, 11) is 0. The van der Waals surface area contributed by atoms with Gasteiger partial charge in [-0.2, -0.15) is 0 Å². The first kappa shape index (κ1) is 17.9. The summed E-state index contributed by atoms with van der Waals surface area (Å²) >= 11 is 0. The Labute approximate surface area is 149 Å². The van der Waals surface area contributed by atoms with E-state index < -0.39 is 0 Å². The third-order valence-corrected chi connectivity index (χ3v) is 4.83. The van der Waals surface area contributed by atoms with Crippen molar-refractivity contribution in [2.75, 3.05) is 19.6 Å². The molecule has 136 valence electrons. The fourth-order valence-corrected chi connectivity index (χ4v) is 3.47. The molecule has 1 saturated heterocycles. The Balaban J connectivity index is 1.79. The van der Waals surface area contributed by atoms with Crippen LogP contribution in [0.2, 0.25) is 0 Å². The van der Waals surface area contributed by atoms with E-state index in [2.05, 4.69) is 41.1 Å². The molecule has 1 N–H and O–H groups in total. The van der Waals surface area contributed by atoms with Crippen molar-refractivity contribution < 1.29 is 9.32 Å². The smallest absolute Gasteiger partial charge is 0.259 e. The molecule has 3 rings (SSSR count). The molecule has 3 heterocycles. The number of aromatic nitrogens is 2.